The third-order valence-electron chi connectivity index (χ3n) is 3.33. The van der Waals surface area contributed by atoms with Crippen LogP contribution in [0.25, 0.3) is 0 Å². The smallest absolute Gasteiger partial charge is 0.310 e. The number of benzene rings is 2. The molecule has 0 aliphatic heterocycles. The fourth-order valence-corrected chi connectivity index (χ4v) is 2.16. The van der Waals surface area contributed by atoms with Gasteiger partial charge in [-0.25, -0.2) is 0 Å². The van der Waals surface area contributed by atoms with Crippen LogP contribution in [0, 0.1) is 6.92 Å². The summed E-state index contributed by atoms with van der Waals surface area (Å²) >= 11 is 5.99. The minimum Gasteiger partial charge on any atom is -0.497 e. The van der Waals surface area contributed by atoms with E-state index < -0.39 is 11.9 Å². The van der Waals surface area contributed by atoms with Crippen LogP contribution in [-0.2, 0) is 20.7 Å². The summed E-state index contributed by atoms with van der Waals surface area (Å²) in [5, 5.41) is 3.19. The van der Waals surface area contributed by atoms with Gasteiger partial charge in [0, 0.05) is 10.7 Å². The van der Waals surface area contributed by atoms with Crippen LogP contribution in [0.2, 0.25) is 5.02 Å². The second-order valence-electron chi connectivity index (χ2n) is 5.20. The monoisotopic (exact) mass is 347 g/mol. The van der Waals surface area contributed by atoms with Gasteiger partial charge in [-0.15, -0.1) is 0 Å². The Balaban J connectivity index is 1.79. The maximum absolute atomic E-state index is 11.8. The van der Waals surface area contributed by atoms with E-state index in [1.54, 1.807) is 49.6 Å². The number of nitrogens with one attached hydrogen (secondary N) is 1. The number of carbonyl (C=O) groups is 2. The van der Waals surface area contributed by atoms with E-state index in [0.29, 0.717) is 16.5 Å². The summed E-state index contributed by atoms with van der Waals surface area (Å²) in [6.07, 6.45) is 0.0909. The number of carbonyl (C=O) groups excluding carboxylic acids is 2. The van der Waals surface area contributed by atoms with Crippen LogP contribution in [0.15, 0.2) is 42.5 Å². The minimum absolute atomic E-state index is 0.0909. The van der Waals surface area contributed by atoms with Gasteiger partial charge in [0.1, 0.15) is 5.75 Å². The highest BCUT2D eigenvalue weighted by molar-refractivity contribution is 6.31. The van der Waals surface area contributed by atoms with E-state index in [1.165, 1.54) is 0 Å². The lowest BCUT2D eigenvalue weighted by molar-refractivity contribution is -0.146. The molecule has 24 heavy (non-hydrogen) atoms. The van der Waals surface area contributed by atoms with Crippen LogP contribution in [0.5, 0.6) is 5.75 Å². The summed E-state index contributed by atoms with van der Waals surface area (Å²) in [5.74, 6) is -0.182. The molecule has 0 fully saturated rings. The third-order valence-corrected chi connectivity index (χ3v) is 3.73. The number of hydrogen-bond donors (Lipinski definition) is 1. The molecule has 0 unspecified atom stereocenters. The average Bonchev–Trinajstić information content (AvgIpc) is 2.57. The zero-order valence-corrected chi connectivity index (χ0v) is 14.2. The van der Waals surface area contributed by atoms with Crippen molar-refractivity contribution in [2.45, 2.75) is 13.3 Å². The average molecular weight is 348 g/mol. The highest BCUT2D eigenvalue weighted by atomic mass is 35.5. The van der Waals surface area contributed by atoms with Gasteiger partial charge in [-0.2, -0.15) is 0 Å². The first-order chi connectivity index (χ1) is 11.5. The summed E-state index contributed by atoms with van der Waals surface area (Å²) in [6.45, 7) is 1.52. The van der Waals surface area contributed by atoms with Gasteiger partial charge in [-0.3, -0.25) is 9.59 Å². The number of rotatable bonds is 6. The molecule has 2 rings (SSSR count). The zero-order chi connectivity index (χ0) is 17.5. The van der Waals surface area contributed by atoms with Gasteiger partial charge in [0.25, 0.3) is 5.91 Å². The van der Waals surface area contributed by atoms with Gasteiger partial charge in [-0.1, -0.05) is 29.8 Å². The first-order valence-corrected chi connectivity index (χ1v) is 7.70. The van der Waals surface area contributed by atoms with E-state index in [1.807, 2.05) is 6.92 Å². The maximum Gasteiger partial charge on any atom is 0.310 e. The minimum atomic E-state index is -0.475. The maximum atomic E-state index is 11.8. The summed E-state index contributed by atoms with van der Waals surface area (Å²) in [5.41, 5.74) is 2.26. The first-order valence-electron chi connectivity index (χ1n) is 7.32. The van der Waals surface area contributed by atoms with Crippen molar-refractivity contribution in [3.8, 4) is 5.75 Å². The molecule has 1 amide bonds. The molecule has 2 aromatic rings. The zero-order valence-electron chi connectivity index (χ0n) is 13.5. The molecule has 0 saturated carbocycles. The van der Waals surface area contributed by atoms with E-state index in [-0.39, 0.29) is 13.0 Å². The number of halogens is 1. The molecule has 5 nitrogen and oxygen atoms in total. The fourth-order valence-electron chi connectivity index (χ4n) is 1.97. The van der Waals surface area contributed by atoms with Crippen molar-refractivity contribution < 1.29 is 19.1 Å². The molecular weight excluding hydrogens is 330 g/mol. The summed E-state index contributed by atoms with van der Waals surface area (Å²) < 4.78 is 10.0. The SMILES string of the molecule is COc1ccc(CC(=O)OCC(=O)Nc2ccc(C)c(Cl)c2)cc1. The quantitative estimate of drug-likeness (QED) is 0.813. The van der Waals surface area contributed by atoms with Crippen molar-refractivity contribution in [3.05, 3.63) is 58.6 Å². The Morgan fingerprint density at radius 1 is 1.12 bits per heavy atom. The topological polar surface area (TPSA) is 64.6 Å². The van der Waals surface area contributed by atoms with Crippen molar-refractivity contribution in [2.24, 2.45) is 0 Å². The summed E-state index contributed by atoms with van der Waals surface area (Å²) in [7, 11) is 1.57. The van der Waals surface area contributed by atoms with Gasteiger partial charge in [0.2, 0.25) is 0 Å². The van der Waals surface area contributed by atoms with Crippen LogP contribution in [0.3, 0.4) is 0 Å². The van der Waals surface area contributed by atoms with Gasteiger partial charge in [-0.05, 0) is 42.3 Å². The van der Waals surface area contributed by atoms with Gasteiger partial charge >= 0.3 is 5.97 Å². The van der Waals surface area contributed by atoms with Crippen molar-refractivity contribution >= 4 is 29.2 Å². The number of esters is 1. The van der Waals surface area contributed by atoms with Crippen molar-refractivity contribution in [3.63, 3.8) is 0 Å². The highest BCUT2D eigenvalue weighted by Gasteiger charge is 2.09. The molecule has 0 radical (unpaired) electrons. The van der Waals surface area contributed by atoms with Crippen LogP contribution < -0.4 is 10.1 Å². The lowest BCUT2D eigenvalue weighted by atomic mass is 10.1. The predicted molar refractivity (Wildman–Crippen MR) is 92.5 cm³/mol. The number of methoxy groups -OCH3 is 1. The van der Waals surface area contributed by atoms with Crippen molar-refractivity contribution in [1.29, 1.82) is 0 Å². The molecule has 0 saturated heterocycles. The largest absolute Gasteiger partial charge is 0.497 e. The molecule has 2 aromatic carbocycles. The Labute approximate surface area is 145 Å². The van der Waals surface area contributed by atoms with Crippen molar-refractivity contribution in [1.82, 2.24) is 0 Å². The predicted octanol–water partition coefficient (Wildman–Crippen LogP) is 3.38. The molecule has 1 N–H and O–H groups in total. The van der Waals surface area contributed by atoms with Gasteiger partial charge < -0.3 is 14.8 Å². The third kappa shape index (κ3) is 5.28. The molecule has 6 heteroatoms. The Kier molecular flexibility index (Phi) is 6.21. The Morgan fingerprint density at radius 2 is 1.83 bits per heavy atom. The summed E-state index contributed by atoms with van der Waals surface area (Å²) in [4.78, 5) is 23.6. The molecule has 0 spiro atoms. The first kappa shape index (κ1) is 17.8. The summed E-state index contributed by atoms with van der Waals surface area (Å²) in [6, 6.07) is 12.2. The van der Waals surface area contributed by atoms with Gasteiger partial charge in [0.15, 0.2) is 6.61 Å². The number of anilines is 1. The second kappa shape index (κ2) is 8.36. The highest BCUT2D eigenvalue weighted by Crippen LogP contribution is 2.19. The number of amides is 1. The Hall–Kier alpha value is -2.53. The molecular formula is C18H18ClNO4. The number of hydrogen-bond acceptors (Lipinski definition) is 4. The van der Waals surface area contributed by atoms with Crippen LogP contribution in [0.4, 0.5) is 5.69 Å². The lowest BCUT2D eigenvalue weighted by Crippen LogP contribution is -2.21. The van der Waals surface area contributed by atoms with Crippen molar-refractivity contribution in [2.75, 3.05) is 19.0 Å². The van der Waals surface area contributed by atoms with E-state index >= 15 is 0 Å². The van der Waals surface area contributed by atoms with E-state index in [4.69, 9.17) is 21.1 Å². The van der Waals surface area contributed by atoms with E-state index in [9.17, 15) is 9.59 Å². The number of ether oxygens (including phenoxy) is 2. The second-order valence-corrected chi connectivity index (χ2v) is 5.60. The van der Waals surface area contributed by atoms with Crippen LogP contribution in [0.1, 0.15) is 11.1 Å². The fraction of sp³-hybridized carbons (Fsp3) is 0.222. The Morgan fingerprint density at radius 3 is 2.46 bits per heavy atom. The standard InChI is InChI=1S/C18H18ClNO4/c1-12-3-6-14(10-16(12)19)20-17(21)11-24-18(22)9-13-4-7-15(23-2)8-5-13/h3-8,10H,9,11H2,1-2H3,(H,20,21). The van der Waals surface area contributed by atoms with Crippen LogP contribution >= 0.6 is 11.6 Å². The van der Waals surface area contributed by atoms with E-state index in [0.717, 1.165) is 11.1 Å². The molecule has 0 aromatic heterocycles. The van der Waals surface area contributed by atoms with Gasteiger partial charge in [0.05, 0.1) is 13.5 Å². The molecule has 0 bridgehead atoms. The normalized spacial score (nSPS) is 10.1. The Bertz CT molecular complexity index is 728. The molecule has 0 heterocycles. The van der Waals surface area contributed by atoms with Crippen LogP contribution in [-0.4, -0.2) is 25.6 Å². The number of aryl methyl sites for hydroxylation is 1. The molecule has 126 valence electrons. The molecule has 0 aliphatic rings. The molecule has 0 atom stereocenters. The molecule has 0 aliphatic carbocycles. The van der Waals surface area contributed by atoms with E-state index in [2.05, 4.69) is 5.32 Å². The lowest BCUT2D eigenvalue weighted by Gasteiger charge is -2.08.